The lowest BCUT2D eigenvalue weighted by molar-refractivity contribution is 0.669. The largest absolute Gasteiger partial charge is 0.456 e. The minimum absolute atomic E-state index is 0.113. The molecule has 0 aliphatic carbocycles. The number of rotatable bonds is 7. The molecule has 0 fully saturated rings. The van der Waals surface area contributed by atoms with Crippen molar-refractivity contribution in [2.75, 3.05) is 4.90 Å². The lowest BCUT2D eigenvalue weighted by Crippen LogP contribution is -2.12. The molecule has 0 saturated carbocycles. The van der Waals surface area contributed by atoms with Crippen LogP contribution in [0.4, 0.5) is 17.1 Å². The summed E-state index contributed by atoms with van der Waals surface area (Å²) in [6, 6.07) is 57.4. The van der Waals surface area contributed by atoms with Gasteiger partial charge >= 0.3 is 0 Å². The fourth-order valence-electron chi connectivity index (χ4n) is 6.85. The zero-order chi connectivity index (χ0) is 36.8. The van der Waals surface area contributed by atoms with Crippen molar-refractivity contribution < 1.29 is 9.90 Å². The van der Waals surface area contributed by atoms with Gasteiger partial charge in [0.2, 0.25) is 0 Å². The number of fused-ring (bicyclic) bond motifs is 3. The summed E-state index contributed by atoms with van der Waals surface area (Å²) in [7, 11) is 0. The van der Waals surface area contributed by atoms with Crippen molar-refractivity contribution in [1.29, 1.82) is 0 Å². The van der Waals surface area contributed by atoms with E-state index in [9.17, 15) is 5.48 Å². The molecule has 1 aromatic heterocycles. The summed E-state index contributed by atoms with van der Waals surface area (Å²) in [5.41, 5.74) is 9.66. The zero-order valence-electron chi connectivity index (χ0n) is 31.1. The minimum atomic E-state index is -0.146. The van der Waals surface area contributed by atoms with Crippen molar-refractivity contribution in [3.63, 3.8) is 0 Å². The zero-order valence-corrected chi connectivity index (χ0v) is 27.1. The molecule has 2 heteroatoms. The monoisotopic (exact) mass is 643 g/mol. The first-order chi connectivity index (χ1) is 26.5. The number of hydrogen-bond acceptors (Lipinski definition) is 2. The van der Waals surface area contributed by atoms with E-state index in [0.29, 0.717) is 22.5 Å². The molecule has 0 aliphatic rings. The molecule has 0 N–H and O–H groups in total. The van der Waals surface area contributed by atoms with E-state index in [0.717, 1.165) is 49.7 Å². The molecule has 0 radical (unpaired) electrons. The Kier molecular flexibility index (Phi) is 6.48. The Morgan fingerprint density at radius 1 is 0.380 bits per heavy atom. The van der Waals surface area contributed by atoms with Crippen molar-refractivity contribution in [3.8, 4) is 44.5 Å². The Labute approximate surface area is 297 Å². The molecule has 0 unspecified atom stereocenters. The molecule has 9 aromatic rings. The van der Waals surface area contributed by atoms with Crippen molar-refractivity contribution >= 4 is 39.0 Å². The predicted octanol–water partition coefficient (Wildman–Crippen LogP) is 13.7. The SMILES string of the molecule is [2H]c1c([2H])c(N(c2ccc3c(c2)oc2ccccc23)c2cccc(-c3ccccc3)c2-c2ccccc2-c2ccccc2)c([2H])c([2H])c1-c1ccccc1. The fraction of sp³-hybridized carbons (Fsp3) is 0. The van der Waals surface area contributed by atoms with E-state index in [1.165, 1.54) is 0 Å². The summed E-state index contributed by atoms with van der Waals surface area (Å²) in [5, 5.41) is 1.94. The van der Waals surface area contributed by atoms with E-state index in [-0.39, 0.29) is 35.4 Å². The van der Waals surface area contributed by atoms with Crippen LogP contribution in [0, 0.1) is 0 Å². The normalized spacial score (nSPS) is 12.3. The number of furan rings is 1. The van der Waals surface area contributed by atoms with Gasteiger partial charge in [-0.1, -0.05) is 158 Å². The van der Waals surface area contributed by atoms with E-state index in [1.807, 2.05) is 138 Å². The number of hydrogen-bond donors (Lipinski definition) is 0. The molecule has 50 heavy (non-hydrogen) atoms. The molecule has 0 saturated heterocycles. The molecule has 1 heterocycles. The van der Waals surface area contributed by atoms with Crippen LogP contribution in [0.1, 0.15) is 5.48 Å². The van der Waals surface area contributed by atoms with Gasteiger partial charge in [0.15, 0.2) is 0 Å². The van der Waals surface area contributed by atoms with E-state index in [2.05, 4.69) is 42.5 Å². The van der Waals surface area contributed by atoms with Crippen LogP contribution >= 0.6 is 0 Å². The second kappa shape index (κ2) is 12.8. The summed E-state index contributed by atoms with van der Waals surface area (Å²) < 4.78 is 44.3. The fourth-order valence-corrected chi connectivity index (χ4v) is 6.85. The third-order valence-electron chi connectivity index (χ3n) is 9.17. The van der Waals surface area contributed by atoms with Crippen molar-refractivity contribution in [2.45, 2.75) is 0 Å². The molecule has 0 spiro atoms. The predicted molar refractivity (Wildman–Crippen MR) is 210 cm³/mol. The summed E-state index contributed by atoms with van der Waals surface area (Å²) in [4.78, 5) is 1.88. The van der Waals surface area contributed by atoms with Gasteiger partial charge in [0.05, 0.1) is 11.2 Å². The van der Waals surface area contributed by atoms with Crippen molar-refractivity contribution in [1.82, 2.24) is 0 Å². The standard InChI is InChI=1S/C48H33NO/c1-4-15-34(16-5-1)35-27-29-38(30-28-35)49(39-31-32-43-42-22-12-13-26-46(42)50-47(43)33-39)45-25-14-24-41(37-19-8-3-9-20-37)48(45)44-23-11-10-21-40(44)36-17-6-2-7-18-36/h1-33H/i27D,28D,29D,30D. The molecule has 0 bridgehead atoms. The number of nitrogens with zero attached hydrogens (tertiary/aromatic N) is 1. The Bertz CT molecular complexity index is 2790. The maximum absolute atomic E-state index is 9.62. The molecule has 0 amide bonds. The topological polar surface area (TPSA) is 16.4 Å². The van der Waals surface area contributed by atoms with Crippen LogP contribution in [-0.2, 0) is 0 Å². The summed E-state index contributed by atoms with van der Waals surface area (Å²) in [5.74, 6) is 0. The van der Waals surface area contributed by atoms with Gasteiger partial charge < -0.3 is 9.32 Å². The average Bonchev–Trinajstić information content (AvgIpc) is 3.60. The maximum atomic E-state index is 9.62. The maximum Gasteiger partial charge on any atom is 0.137 e. The second-order valence-electron chi connectivity index (χ2n) is 12.2. The van der Waals surface area contributed by atoms with Crippen LogP contribution in [-0.4, -0.2) is 0 Å². The first-order valence-electron chi connectivity index (χ1n) is 18.7. The molecule has 2 nitrogen and oxygen atoms in total. The highest BCUT2D eigenvalue weighted by molar-refractivity contribution is 6.07. The quantitative estimate of drug-likeness (QED) is 0.172. The molecular weight excluding hydrogens is 607 g/mol. The van der Waals surface area contributed by atoms with Crippen LogP contribution in [0.25, 0.3) is 66.4 Å². The Balaban J connectivity index is 1.40. The molecule has 0 aliphatic heterocycles. The van der Waals surface area contributed by atoms with Gasteiger partial charge in [-0.15, -0.1) is 0 Å². The molecule has 9 rings (SSSR count). The van der Waals surface area contributed by atoms with Crippen LogP contribution in [0.3, 0.4) is 0 Å². The van der Waals surface area contributed by atoms with Gasteiger partial charge in [-0.2, -0.15) is 0 Å². The molecular formula is C48H33NO. The van der Waals surface area contributed by atoms with E-state index >= 15 is 0 Å². The first-order valence-corrected chi connectivity index (χ1v) is 16.7. The Hall–Kier alpha value is -6.64. The average molecular weight is 644 g/mol. The van der Waals surface area contributed by atoms with Crippen LogP contribution < -0.4 is 4.90 Å². The first kappa shape index (κ1) is 25.4. The smallest absolute Gasteiger partial charge is 0.137 e. The highest BCUT2D eigenvalue weighted by atomic mass is 16.3. The van der Waals surface area contributed by atoms with Crippen molar-refractivity contribution in [3.05, 3.63) is 200 Å². The third kappa shape index (κ3) is 5.34. The van der Waals surface area contributed by atoms with Gasteiger partial charge in [-0.3, -0.25) is 0 Å². The molecule has 0 atom stereocenters. The molecule has 236 valence electrons. The van der Waals surface area contributed by atoms with Crippen molar-refractivity contribution in [2.24, 2.45) is 0 Å². The lowest BCUT2D eigenvalue weighted by Gasteiger charge is -2.30. The summed E-state index contributed by atoms with van der Waals surface area (Å²) in [6.45, 7) is 0. The number of anilines is 3. The van der Waals surface area contributed by atoms with Gasteiger partial charge in [-0.05, 0) is 75.3 Å². The van der Waals surface area contributed by atoms with Crippen LogP contribution in [0.2, 0.25) is 0 Å². The Morgan fingerprint density at radius 2 is 0.940 bits per heavy atom. The van der Waals surface area contributed by atoms with Gasteiger partial charge in [0, 0.05) is 33.8 Å². The van der Waals surface area contributed by atoms with Gasteiger partial charge in [0.1, 0.15) is 11.2 Å². The van der Waals surface area contributed by atoms with Crippen LogP contribution in [0.15, 0.2) is 205 Å². The third-order valence-corrected chi connectivity index (χ3v) is 9.17. The van der Waals surface area contributed by atoms with Crippen LogP contribution in [0.5, 0.6) is 0 Å². The second-order valence-corrected chi connectivity index (χ2v) is 12.2. The van der Waals surface area contributed by atoms with E-state index in [1.54, 1.807) is 0 Å². The molecule has 8 aromatic carbocycles. The Morgan fingerprint density at radius 3 is 1.66 bits per heavy atom. The summed E-state index contributed by atoms with van der Waals surface area (Å²) in [6.07, 6.45) is 0. The van der Waals surface area contributed by atoms with E-state index < -0.39 is 0 Å². The minimum Gasteiger partial charge on any atom is -0.456 e. The van der Waals surface area contributed by atoms with E-state index in [4.69, 9.17) is 4.42 Å². The summed E-state index contributed by atoms with van der Waals surface area (Å²) >= 11 is 0. The lowest BCUT2D eigenvalue weighted by atomic mass is 9.87. The highest BCUT2D eigenvalue weighted by Gasteiger charge is 2.23. The number of para-hydroxylation sites is 1. The highest BCUT2D eigenvalue weighted by Crippen LogP contribution is 2.48. The van der Waals surface area contributed by atoms with Gasteiger partial charge in [0.25, 0.3) is 0 Å². The van der Waals surface area contributed by atoms with Gasteiger partial charge in [-0.25, -0.2) is 0 Å². The number of benzene rings is 8.